The third-order valence-corrected chi connectivity index (χ3v) is 4.59. The number of nitrogens with zero attached hydrogens (tertiary/aromatic N) is 1. The topological polar surface area (TPSA) is 106 Å². The van der Waals surface area contributed by atoms with Crippen molar-refractivity contribution in [1.29, 1.82) is 0 Å². The second-order valence-electron chi connectivity index (χ2n) is 6.67. The molecule has 0 radical (unpaired) electrons. The number of nitrogens with one attached hydrogen (secondary N) is 2. The molecule has 8 nitrogen and oxygen atoms in total. The summed E-state index contributed by atoms with van der Waals surface area (Å²) in [6, 6.07) is 19.4. The first-order valence-corrected chi connectivity index (χ1v) is 10.1. The number of rotatable bonds is 8. The monoisotopic (exact) mass is 465 g/mol. The molecule has 3 aromatic carbocycles. The molecule has 0 saturated carbocycles. The number of hydrogen-bond acceptors (Lipinski definition) is 6. The van der Waals surface area contributed by atoms with Crippen molar-refractivity contribution in [3.05, 3.63) is 94.5 Å². The Kier molecular flexibility index (Phi) is 8.15. The highest BCUT2D eigenvalue weighted by Gasteiger charge is 2.09. The lowest BCUT2D eigenvalue weighted by molar-refractivity contribution is -0.120. The number of hydrogen-bond donors (Lipinski definition) is 2. The number of hydrazone groups is 1. The van der Waals surface area contributed by atoms with Gasteiger partial charge in [-0.25, -0.2) is 10.2 Å². The van der Waals surface area contributed by atoms with Gasteiger partial charge in [0.1, 0.15) is 11.5 Å². The van der Waals surface area contributed by atoms with E-state index in [1.165, 1.54) is 13.3 Å². The Hall–Kier alpha value is -4.17. The molecule has 0 saturated heterocycles. The van der Waals surface area contributed by atoms with E-state index in [1.807, 2.05) is 0 Å². The molecule has 0 aliphatic heterocycles. The zero-order valence-electron chi connectivity index (χ0n) is 17.6. The highest BCUT2D eigenvalue weighted by Crippen LogP contribution is 2.15. The molecule has 3 aromatic rings. The lowest BCUT2D eigenvalue weighted by Gasteiger charge is -2.05. The summed E-state index contributed by atoms with van der Waals surface area (Å²) in [5, 5.41) is 6.88. The van der Waals surface area contributed by atoms with Crippen LogP contribution in [0.1, 0.15) is 26.3 Å². The van der Waals surface area contributed by atoms with E-state index in [2.05, 4.69) is 15.8 Å². The fourth-order valence-corrected chi connectivity index (χ4v) is 2.72. The average molecular weight is 466 g/mol. The Balaban J connectivity index is 1.43. The Morgan fingerprint density at radius 2 is 1.48 bits per heavy atom. The summed E-state index contributed by atoms with van der Waals surface area (Å²) in [5.41, 5.74) is 3.79. The third kappa shape index (κ3) is 7.19. The zero-order chi connectivity index (χ0) is 23.6. The molecule has 0 aliphatic rings. The first-order chi connectivity index (χ1) is 15.9. The van der Waals surface area contributed by atoms with Crippen molar-refractivity contribution in [3.63, 3.8) is 0 Å². The molecule has 0 aromatic heterocycles. The summed E-state index contributed by atoms with van der Waals surface area (Å²) >= 11 is 5.81. The first kappa shape index (κ1) is 23.5. The normalized spacial score (nSPS) is 10.5. The van der Waals surface area contributed by atoms with Crippen LogP contribution in [0.15, 0.2) is 77.9 Å². The number of ether oxygens (including phenoxy) is 2. The second-order valence-corrected chi connectivity index (χ2v) is 7.11. The van der Waals surface area contributed by atoms with E-state index in [4.69, 9.17) is 21.1 Å². The molecule has 3 rings (SSSR count). The quantitative estimate of drug-likeness (QED) is 0.229. The van der Waals surface area contributed by atoms with Crippen LogP contribution in [0.2, 0.25) is 5.02 Å². The van der Waals surface area contributed by atoms with Crippen molar-refractivity contribution >= 4 is 35.6 Å². The Bertz CT molecular complexity index is 1140. The van der Waals surface area contributed by atoms with E-state index in [0.717, 1.165) is 0 Å². The van der Waals surface area contributed by atoms with Crippen molar-refractivity contribution < 1.29 is 23.9 Å². The van der Waals surface area contributed by atoms with Crippen LogP contribution in [-0.2, 0) is 4.79 Å². The summed E-state index contributed by atoms with van der Waals surface area (Å²) in [7, 11) is 1.53. The molecule has 0 unspecified atom stereocenters. The molecule has 168 valence electrons. The number of amides is 2. The molecule has 0 aliphatic carbocycles. The van der Waals surface area contributed by atoms with Gasteiger partial charge in [-0.15, -0.1) is 0 Å². The molecule has 9 heteroatoms. The van der Waals surface area contributed by atoms with Gasteiger partial charge in [-0.3, -0.25) is 9.59 Å². The largest absolute Gasteiger partial charge is 0.497 e. The van der Waals surface area contributed by atoms with Gasteiger partial charge in [0.25, 0.3) is 11.8 Å². The molecule has 33 heavy (non-hydrogen) atoms. The Labute approximate surface area is 195 Å². The summed E-state index contributed by atoms with van der Waals surface area (Å²) < 4.78 is 10.3. The van der Waals surface area contributed by atoms with Crippen molar-refractivity contribution in [2.24, 2.45) is 5.10 Å². The summed E-state index contributed by atoms with van der Waals surface area (Å²) in [6.07, 6.45) is 1.42. The van der Waals surface area contributed by atoms with E-state index < -0.39 is 11.9 Å². The maximum atomic E-state index is 12.1. The molecular formula is C24H20ClN3O5. The minimum absolute atomic E-state index is 0.234. The van der Waals surface area contributed by atoms with Gasteiger partial charge in [0.05, 0.1) is 25.4 Å². The van der Waals surface area contributed by atoms with Crippen LogP contribution in [0.5, 0.6) is 11.5 Å². The van der Waals surface area contributed by atoms with Crippen LogP contribution in [0.25, 0.3) is 0 Å². The first-order valence-electron chi connectivity index (χ1n) is 9.76. The molecule has 0 heterocycles. The molecular weight excluding hydrogens is 446 g/mol. The van der Waals surface area contributed by atoms with Gasteiger partial charge >= 0.3 is 5.97 Å². The van der Waals surface area contributed by atoms with Crippen molar-refractivity contribution in [2.45, 2.75) is 0 Å². The molecule has 0 spiro atoms. The smallest absolute Gasteiger partial charge is 0.343 e. The highest BCUT2D eigenvalue weighted by molar-refractivity contribution is 6.30. The van der Waals surface area contributed by atoms with Gasteiger partial charge in [-0.2, -0.15) is 5.10 Å². The van der Waals surface area contributed by atoms with E-state index in [0.29, 0.717) is 33.2 Å². The van der Waals surface area contributed by atoms with Crippen molar-refractivity contribution in [3.8, 4) is 11.5 Å². The fraction of sp³-hybridized carbons (Fsp3) is 0.0833. The average Bonchev–Trinajstić information content (AvgIpc) is 2.84. The lowest BCUT2D eigenvalue weighted by Crippen LogP contribution is -2.34. The number of halogens is 1. The number of methoxy groups -OCH3 is 1. The van der Waals surface area contributed by atoms with E-state index >= 15 is 0 Å². The van der Waals surface area contributed by atoms with Gasteiger partial charge in [-0.1, -0.05) is 11.6 Å². The van der Waals surface area contributed by atoms with Crippen LogP contribution in [0.4, 0.5) is 0 Å². The summed E-state index contributed by atoms with van der Waals surface area (Å²) in [4.78, 5) is 36.0. The number of carbonyl (C=O) groups excluding carboxylic acids is 3. The zero-order valence-corrected chi connectivity index (χ0v) is 18.3. The molecule has 0 atom stereocenters. The SMILES string of the molecule is COc1ccc(C(=O)NCC(=O)N/N=C/c2ccc(OC(=O)c3ccc(Cl)cc3)cc2)cc1. The molecule has 2 amide bonds. The van der Waals surface area contributed by atoms with Gasteiger partial charge in [0.15, 0.2) is 0 Å². The minimum atomic E-state index is -0.503. The van der Waals surface area contributed by atoms with E-state index in [1.54, 1.807) is 72.8 Å². The number of carbonyl (C=O) groups is 3. The molecule has 0 bridgehead atoms. The van der Waals surface area contributed by atoms with Gasteiger partial charge in [-0.05, 0) is 78.4 Å². The van der Waals surface area contributed by atoms with Gasteiger partial charge in [0, 0.05) is 10.6 Å². The Morgan fingerprint density at radius 3 is 2.12 bits per heavy atom. The highest BCUT2D eigenvalue weighted by atomic mass is 35.5. The number of benzene rings is 3. The fourth-order valence-electron chi connectivity index (χ4n) is 2.60. The maximum Gasteiger partial charge on any atom is 0.343 e. The summed E-state index contributed by atoms with van der Waals surface area (Å²) in [6.45, 7) is -0.234. The second kappa shape index (κ2) is 11.4. The van der Waals surface area contributed by atoms with Crippen molar-refractivity contribution in [2.75, 3.05) is 13.7 Å². The standard InChI is InChI=1S/C24H20ClN3O5/c1-32-20-12-6-17(7-13-20)23(30)26-15-22(29)28-27-14-16-2-10-21(11-3-16)33-24(31)18-4-8-19(25)9-5-18/h2-14H,15H2,1H3,(H,26,30)(H,28,29)/b27-14+. The van der Waals surface area contributed by atoms with Crippen LogP contribution >= 0.6 is 11.6 Å². The minimum Gasteiger partial charge on any atom is -0.497 e. The van der Waals surface area contributed by atoms with E-state index in [-0.39, 0.29) is 12.5 Å². The van der Waals surface area contributed by atoms with Crippen molar-refractivity contribution in [1.82, 2.24) is 10.7 Å². The lowest BCUT2D eigenvalue weighted by atomic mass is 10.2. The number of esters is 1. The van der Waals surface area contributed by atoms with Crippen LogP contribution in [0.3, 0.4) is 0 Å². The third-order valence-electron chi connectivity index (χ3n) is 4.34. The summed E-state index contributed by atoms with van der Waals surface area (Å²) in [5.74, 6) is -0.386. The molecule has 2 N–H and O–H groups in total. The van der Waals surface area contributed by atoms with Gasteiger partial charge in [0.2, 0.25) is 0 Å². The maximum absolute atomic E-state index is 12.1. The van der Waals surface area contributed by atoms with Crippen LogP contribution < -0.4 is 20.2 Å². The Morgan fingerprint density at radius 1 is 0.879 bits per heavy atom. The van der Waals surface area contributed by atoms with E-state index in [9.17, 15) is 14.4 Å². The van der Waals surface area contributed by atoms with Crippen LogP contribution in [-0.4, -0.2) is 37.7 Å². The predicted octanol–water partition coefficient (Wildman–Crippen LogP) is 3.45. The van der Waals surface area contributed by atoms with Crippen LogP contribution in [0, 0.1) is 0 Å². The predicted molar refractivity (Wildman–Crippen MR) is 124 cm³/mol. The molecule has 0 fully saturated rings. The van der Waals surface area contributed by atoms with Gasteiger partial charge < -0.3 is 14.8 Å².